The smallest absolute Gasteiger partial charge is 0.180 e. The number of nitrogens with zero attached hydrogens (tertiary/aromatic N) is 3. The highest BCUT2D eigenvalue weighted by molar-refractivity contribution is 5.65. The summed E-state index contributed by atoms with van der Waals surface area (Å²) in [5.74, 6) is 6.49. The summed E-state index contributed by atoms with van der Waals surface area (Å²) in [5, 5.41) is 12.3. The topological polar surface area (TPSA) is 100 Å². The number of aliphatic hydroxyl groups excluding tert-OH is 1. The van der Waals surface area contributed by atoms with Crippen LogP contribution in [0.1, 0.15) is 13.3 Å². The van der Waals surface area contributed by atoms with Crippen molar-refractivity contribution in [3.05, 3.63) is 18.6 Å². The Balaban J connectivity index is 2.39. The van der Waals surface area contributed by atoms with E-state index in [1.807, 2.05) is 17.5 Å². The average Bonchev–Trinajstić information content (AvgIpc) is 2.83. The summed E-state index contributed by atoms with van der Waals surface area (Å²) in [6, 6.07) is -0.0453. The molecule has 0 aromatic carbocycles. The van der Waals surface area contributed by atoms with Crippen molar-refractivity contribution in [3.8, 4) is 0 Å². The molecule has 2 heterocycles. The number of aromatic nitrogens is 3. The first-order valence-electron chi connectivity index (χ1n) is 5.46. The van der Waals surface area contributed by atoms with E-state index >= 15 is 0 Å². The molecule has 0 aliphatic carbocycles. The molecule has 5 N–H and O–H groups in total. The number of nitrogens with two attached hydrogens (primary N) is 1. The number of imidazole rings is 1. The Morgan fingerprint density at radius 1 is 1.59 bits per heavy atom. The minimum absolute atomic E-state index is 0.0453. The summed E-state index contributed by atoms with van der Waals surface area (Å²) >= 11 is 0. The number of fused-ring (bicyclic) bond motifs is 1. The lowest BCUT2D eigenvalue weighted by molar-refractivity contribution is 0.271. The Bertz CT molecular complexity index is 493. The zero-order valence-corrected chi connectivity index (χ0v) is 9.59. The lowest BCUT2D eigenvalue weighted by Gasteiger charge is -2.15. The van der Waals surface area contributed by atoms with Crippen LogP contribution in [0.25, 0.3) is 5.65 Å². The van der Waals surface area contributed by atoms with Crippen molar-refractivity contribution < 1.29 is 5.11 Å². The summed E-state index contributed by atoms with van der Waals surface area (Å²) in [7, 11) is 0. The van der Waals surface area contributed by atoms with Gasteiger partial charge < -0.3 is 20.2 Å². The van der Waals surface area contributed by atoms with Gasteiger partial charge in [0.25, 0.3) is 0 Å². The molecule has 0 bridgehead atoms. The third-order valence-electron chi connectivity index (χ3n) is 2.58. The van der Waals surface area contributed by atoms with Gasteiger partial charge in [0.1, 0.15) is 0 Å². The number of nitrogen functional groups attached to an aromatic ring is 1. The number of nitrogens with one attached hydrogen (secondary N) is 2. The van der Waals surface area contributed by atoms with Gasteiger partial charge in [-0.1, -0.05) is 6.92 Å². The molecule has 0 amide bonds. The molecule has 1 unspecified atom stereocenters. The first-order valence-corrected chi connectivity index (χ1v) is 5.46. The first-order chi connectivity index (χ1) is 8.28. The monoisotopic (exact) mass is 236 g/mol. The van der Waals surface area contributed by atoms with Gasteiger partial charge in [-0.25, -0.2) is 15.8 Å². The third-order valence-corrected chi connectivity index (χ3v) is 2.58. The van der Waals surface area contributed by atoms with Crippen molar-refractivity contribution >= 4 is 17.3 Å². The molecular weight excluding hydrogens is 220 g/mol. The minimum Gasteiger partial charge on any atom is -0.394 e. The fraction of sp³-hybridized carbons (Fsp3) is 0.400. The van der Waals surface area contributed by atoms with E-state index in [4.69, 9.17) is 5.84 Å². The molecule has 0 saturated carbocycles. The Labute approximate surface area is 98.7 Å². The van der Waals surface area contributed by atoms with Crippen molar-refractivity contribution in [2.45, 2.75) is 19.4 Å². The predicted molar refractivity (Wildman–Crippen MR) is 65.6 cm³/mol. The van der Waals surface area contributed by atoms with E-state index in [9.17, 15) is 5.11 Å². The summed E-state index contributed by atoms with van der Waals surface area (Å²) in [5.41, 5.74) is 3.20. The number of anilines is 2. The van der Waals surface area contributed by atoms with E-state index in [2.05, 4.69) is 20.7 Å². The normalized spacial score (nSPS) is 12.6. The molecule has 2 aromatic heterocycles. The maximum atomic E-state index is 9.18. The number of hydrogen-bond acceptors (Lipinski definition) is 6. The number of rotatable bonds is 5. The second-order valence-electron chi connectivity index (χ2n) is 3.71. The molecule has 0 saturated heterocycles. The fourth-order valence-electron chi connectivity index (χ4n) is 1.57. The molecule has 0 radical (unpaired) electrons. The molecule has 0 fully saturated rings. The summed E-state index contributed by atoms with van der Waals surface area (Å²) in [4.78, 5) is 8.49. The SMILES string of the molecule is CCC(CO)Nc1nc(NN)cn2ccnc12. The van der Waals surface area contributed by atoms with Crippen LogP contribution in [0.3, 0.4) is 0 Å². The highest BCUT2D eigenvalue weighted by Crippen LogP contribution is 2.17. The Kier molecular flexibility index (Phi) is 3.40. The van der Waals surface area contributed by atoms with Gasteiger partial charge in [-0.2, -0.15) is 0 Å². The van der Waals surface area contributed by atoms with Gasteiger partial charge in [0.15, 0.2) is 17.3 Å². The highest BCUT2D eigenvalue weighted by Gasteiger charge is 2.11. The average molecular weight is 236 g/mol. The third kappa shape index (κ3) is 2.29. The van der Waals surface area contributed by atoms with Gasteiger partial charge in [-0.05, 0) is 6.42 Å². The van der Waals surface area contributed by atoms with Crippen LogP contribution >= 0.6 is 0 Å². The second-order valence-corrected chi connectivity index (χ2v) is 3.71. The van der Waals surface area contributed by atoms with Gasteiger partial charge in [0.2, 0.25) is 0 Å². The van der Waals surface area contributed by atoms with Crippen LogP contribution in [0.2, 0.25) is 0 Å². The zero-order valence-electron chi connectivity index (χ0n) is 9.59. The molecule has 7 nitrogen and oxygen atoms in total. The van der Waals surface area contributed by atoms with Crippen LogP contribution in [-0.4, -0.2) is 32.1 Å². The van der Waals surface area contributed by atoms with E-state index in [1.165, 1.54) is 0 Å². The lowest BCUT2D eigenvalue weighted by atomic mass is 10.2. The van der Waals surface area contributed by atoms with Crippen molar-refractivity contribution in [1.82, 2.24) is 14.4 Å². The molecule has 2 rings (SSSR count). The highest BCUT2D eigenvalue weighted by atomic mass is 16.3. The zero-order chi connectivity index (χ0) is 12.3. The van der Waals surface area contributed by atoms with Gasteiger partial charge in [0, 0.05) is 12.4 Å². The number of hydrazine groups is 1. The lowest BCUT2D eigenvalue weighted by Crippen LogP contribution is -2.24. The van der Waals surface area contributed by atoms with Gasteiger partial charge >= 0.3 is 0 Å². The van der Waals surface area contributed by atoms with E-state index in [0.717, 1.165) is 6.42 Å². The fourth-order valence-corrected chi connectivity index (χ4v) is 1.57. The molecule has 2 aromatic rings. The molecule has 17 heavy (non-hydrogen) atoms. The molecule has 0 aliphatic heterocycles. The van der Waals surface area contributed by atoms with Crippen LogP contribution in [0.15, 0.2) is 18.6 Å². The van der Waals surface area contributed by atoms with Crippen LogP contribution in [0.5, 0.6) is 0 Å². The predicted octanol–water partition coefficient (Wildman–Crippen LogP) is 0.198. The Morgan fingerprint density at radius 3 is 3.06 bits per heavy atom. The summed E-state index contributed by atoms with van der Waals surface area (Å²) < 4.78 is 1.81. The van der Waals surface area contributed by atoms with E-state index in [1.54, 1.807) is 12.4 Å². The van der Waals surface area contributed by atoms with E-state index in [0.29, 0.717) is 17.3 Å². The first kappa shape index (κ1) is 11.6. The van der Waals surface area contributed by atoms with Crippen molar-refractivity contribution in [3.63, 3.8) is 0 Å². The molecule has 7 heteroatoms. The molecule has 0 aliphatic rings. The van der Waals surface area contributed by atoms with Crippen LogP contribution in [0, 0.1) is 0 Å². The van der Waals surface area contributed by atoms with Crippen LogP contribution in [0.4, 0.5) is 11.6 Å². The largest absolute Gasteiger partial charge is 0.394 e. The minimum atomic E-state index is -0.0453. The van der Waals surface area contributed by atoms with Crippen molar-refractivity contribution in [1.29, 1.82) is 0 Å². The summed E-state index contributed by atoms with van der Waals surface area (Å²) in [6.45, 7) is 2.03. The van der Waals surface area contributed by atoms with Crippen LogP contribution < -0.4 is 16.6 Å². The van der Waals surface area contributed by atoms with Gasteiger partial charge in [-0.15, -0.1) is 0 Å². The van der Waals surface area contributed by atoms with E-state index < -0.39 is 0 Å². The van der Waals surface area contributed by atoms with Gasteiger partial charge in [0.05, 0.1) is 18.8 Å². The van der Waals surface area contributed by atoms with Crippen molar-refractivity contribution in [2.24, 2.45) is 5.84 Å². The van der Waals surface area contributed by atoms with Gasteiger partial charge in [-0.3, -0.25) is 0 Å². The van der Waals surface area contributed by atoms with E-state index in [-0.39, 0.29) is 12.6 Å². The summed E-state index contributed by atoms with van der Waals surface area (Å²) in [6.07, 6.45) is 6.03. The van der Waals surface area contributed by atoms with Crippen LogP contribution in [-0.2, 0) is 0 Å². The molecule has 1 atom stereocenters. The maximum Gasteiger partial charge on any atom is 0.180 e. The number of aliphatic hydroxyl groups is 1. The standard InChI is InChI=1S/C10H16N6O/c1-2-7(6-17)13-9-10-12-3-4-16(10)5-8(14-9)15-11/h3-5,7,15,17H,2,6,11H2,1H3,(H,13,14). The Hall–Kier alpha value is -1.86. The molecule has 0 spiro atoms. The number of hydrogen-bond donors (Lipinski definition) is 4. The Morgan fingerprint density at radius 2 is 2.41 bits per heavy atom. The second kappa shape index (κ2) is 4.98. The maximum absolute atomic E-state index is 9.18. The van der Waals surface area contributed by atoms with Crippen molar-refractivity contribution in [2.75, 3.05) is 17.3 Å². The quantitative estimate of drug-likeness (QED) is 0.437. The molecule has 92 valence electrons. The molecular formula is C10H16N6O.